The Hall–Kier alpha value is -1.57. The minimum atomic E-state index is 0.621. The molecule has 67 valence electrons. The Bertz CT molecular complexity index is 303. The van der Waals surface area contributed by atoms with Crippen molar-refractivity contribution in [3.8, 4) is 5.75 Å². The average molecular weight is 175 g/mol. The van der Waals surface area contributed by atoms with Crippen molar-refractivity contribution in [2.75, 3.05) is 6.61 Å². The van der Waals surface area contributed by atoms with E-state index >= 15 is 0 Å². The van der Waals surface area contributed by atoms with Gasteiger partial charge in [0, 0.05) is 5.56 Å². The molecule has 0 saturated heterocycles. The number of allylic oxidation sites excluding steroid dienone is 1. The van der Waals surface area contributed by atoms with E-state index in [9.17, 15) is 4.79 Å². The summed E-state index contributed by atoms with van der Waals surface area (Å²) in [5.74, 6) is 0.788. The standard InChI is InChI=1S/C11H11O2/c1-2-13-11-8-4-3-6-10(11)7-5-9-12/h3-8H,2H2,1H3/b7-5+. The lowest BCUT2D eigenvalue weighted by Gasteiger charge is -2.05. The van der Waals surface area contributed by atoms with Gasteiger partial charge in [-0.3, -0.25) is 4.79 Å². The summed E-state index contributed by atoms with van der Waals surface area (Å²) < 4.78 is 5.35. The number of ether oxygens (including phenoxy) is 1. The molecule has 0 N–H and O–H groups in total. The zero-order valence-corrected chi connectivity index (χ0v) is 7.49. The van der Waals surface area contributed by atoms with E-state index < -0.39 is 0 Å². The lowest BCUT2D eigenvalue weighted by Crippen LogP contribution is -1.92. The highest BCUT2D eigenvalue weighted by molar-refractivity contribution is 5.75. The third kappa shape index (κ3) is 2.75. The lowest BCUT2D eigenvalue weighted by molar-refractivity contribution is 0.339. The second-order valence-corrected chi connectivity index (χ2v) is 2.42. The topological polar surface area (TPSA) is 26.3 Å². The third-order valence-corrected chi connectivity index (χ3v) is 1.55. The van der Waals surface area contributed by atoms with Crippen LogP contribution in [0.25, 0.3) is 6.08 Å². The maximum Gasteiger partial charge on any atom is 0.225 e. The van der Waals surface area contributed by atoms with E-state index in [1.54, 1.807) is 12.4 Å². The molecule has 1 rings (SSSR count). The Balaban J connectivity index is 2.90. The van der Waals surface area contributed by atoms with Crippen molar-refractivity contribution in [1.29, 1.82) is 0 Å². The molecule has 0 aromatic heterocycles. The largest absolute Gasteiger partial charge is 0.493 e. The van der Waals surface area contributed by atoms with E-state index in [4.69, 9.17) is 4.74 Å². The maximum absolute atomic E-state index is 9.99. The van der Waals surface area contributed by atoms with Gasteiger partial charge in [0.15, 0.2) is 0 Å². The molecule has 0 amide bonds. The van der Waals surface area contributed by atoms with Crippen LogP contribution in [0.5, 0.6) is 5.75 Å². The molecular formula is C11H11O2. The fraction of sp³-hybridized carbons (Fsp3) is 0.182. The van der Waals surface area contributed by atoms with Crippen molar-refractivity contribution < 1.29 is 9.53 Å². The van der Waals surface area contributed by atoms with Gasteiger partial charge in [0.2, 0.25) is 6.29 Å². The zero-order chi connectivity index (χ0) is 9.52. The number of benzene rings is 1. The van der Waals surface area contributed by atoms with Gasteiger partial charge < -0.3 is 4.74 Å². The maximum atomic E-state index is 9.99. The normalized spacial score (nSPS) is 10.2. The van der Waals surface area contributed by atoms with Crippen LogP contribution in [0, 0.1) is 0 Å². The van der Waals surface area contributed by atoms with Gasteiger partial charge in [-0.05, 0) is 25.1 Å². The second kappa shape index (κ2) is 5.14. The first-order valence-corrected chi connectivity index (χ1v) is 4.14. The van der Waals surface area contributed by atoms with Crippen LogP contribution in [0.3, 0.4) is 0 Å². The van der Waals surface area contributed by atoms with E-state index in [2.05, 4.69) is 0 Å². The Labute approximate surface area is 77.8 Å². The molecule has 1 aromatic rings. The van der Waals surface area contributed by atoms with Gasteiger partial charge in [0.1, 0.15) is 5.75 Å². The summed E-state index contributed by atoms with van der Waals surface area (Å²) >= 11 is 0. The monoisotopic (exact) mass is 175 g/mol. The van der Waals surface area contributed by atoms with E-state index in [1.165, 1.54) is 6.08 Å². The molecule has 2 nitrogen and oxygen atoms in total. The predicted octanol–water partition coefficient (Wildman–Crippen LogP) is 2.21. The highest BCUT2D eigenvalue weighted by Crippen LogP contribution is 2.18. The van der Waals surface area contributed by atoms with Crippen LogP contribution in [0.15, 0.2) is 30.3 Å². The molecule has 2 heteroatoms. The van der Waals surface area contributed by atoms with Gasteiger partial charge in [-0.1, -0.05) is 18.2 Å². The van der Waals surface area contributed by atoms with E-state index in [-0.39, 0.29) is 0 Å². The van der Waals surface area contributed by atoms with Crippen molar-refractivity contribution >= 4 is 12.4 Å². The molecule has 0 aliphatic rings. The van der Waals surface area contributed by atoms with Gasteiger partial charge in [0.05, 0.1) is 6.61 Å². The summed E-state index contributed by atoms with van der Waals surface area (Å²) in [4.78, 5) is 9.99. The highest BCUT2D eigenvalue weighted by atomic mass is 16.5. The Morgan fingerprint density at radius 3 is 2.92 bits per heavy atom. The first-order chi connectivity index (χ1) is 6.38. The van der Waals surface area contributed by atoms with Crippen LogP contribution >= 0.6 is 0 Å². The SMILES string of the molecule is CCOc1ccccc1/C=C/[C]=O. The number of para-hydroxylation sites is 1. The molecule has 0 spiro atoms. The first-order valence-electron chi connectivity index (χ1n) is 4.14. The van der Waals surface area contributed by atoms with Crippen LogP contribution in [-0.4, -0.2) is 12.9 Å². The molecule has 0 aliphatic heterocycles. The lowest BCUT2D eigenvalue weighted by atomic mass is 10.2. The van der Waals surface area contributed by atoms with Gasteiger partial charge in [-0.25, -0.2) is 0 Å². The van der Waals surface area contributed by atoms with Crippen LogP contribution in [0.4, 0.5) is 0 Å². The smallest absolute Gasteiger partial charge is 0.225 e. The first kappa shape index (κ1) is 9.52. The van der Waals surface area contributed by atoms with Crippen molar-refractivity contribution in [1.82, 2.24) is 0 Å². The molecule has 13 heavy (non-hydrogen) atoms. The van der Waals surface area contributed by atoms with Crippen LogP contribution in [-0.2, 0) is 4.79 Å². The molecule has 0 bridgehead atoms. The molecule has 1 aromatic carbocycles. The van der Waals surface area contributed by atoms with Crippen molar-refractivity contribution in [2.45, 2.75) is 6.92 Å². The molecule has 1 radical (unpaired) electrons. The predicted molar refractivity (Wildman–Crippen MR) is 52.3 cm³/mol. The Kier molecular flexibility index (Phi) is 3.76. The van der Waals surface area contributed by atoms with Gasteiger partial charge in [-0.2, -0.15) is 0 Å². The number of rotatable bonds is 4. The summed E-state index contributed by atoms with van der Waals surface area (Å²) in [5, 5.41) is 0. The summed E-state index contributed by atoms with van der Waals surface area (Å²) in [5.41, 5.74) is 0.896. The average Bonchev–Trinajstić information content (AvgIpc) is 2.17. The Morgan fingerprint density at radius 1 is 1.46 bits per heavy atom. The molecule has 0 unspecified atom stereocenters. The molecule has 0 heterocycles. The van der Waals surface area contributed by atoms with Crippen molar-refractivity contribution in [3.63, 3.8) is 0 Å². The number of carbonyl (C=O) groups excluding carboxylic acids is 1. The van der Waals surface area contributed by atoms with Gasteiger partial charge in [0.25, 0.3) is 0 Å². The summed E-state index contributed by atoms with van der Waals surface area (Å²) in [6.07, 6.45) is 4.71. The van der Waals surface area contributed by atoms with Crippen molar-refractivity contribution in [3.05, 3.63) is 35.9 Å². The summed E-state index contributed by atoms with van der Waals surface area (Å²) in [6, 6.07) is 7.55. The third-order valence-electron chi connectivity index (χ3n) is 1.55. The van der Waals surface area contributed by atoms with Crippen LogP contribution < -0.4 is 4.74 Å². The number of hydrogen-bond acceptors (Lipinski definition) is 2. The van der Waals surface area contributed by atoms with Gasteiger partial charge >= 0.3 is 0 Å². The quantitative estimate of drug-likeness (QED) is 0.656. The van der Waals surface area contributed by atoms with E-state index in [0.29, 0.717) is 6.61 Å². The molecule has 0 aliphatic carbocycles. The highest BCUT2D eigenvalue weighted by Gasteiger charge is 1.96. The second-order valence-electron chi connectivity index (χ2n) is 2.42. The minimum absolute atomic E-state index is 0.621. The minimum Gasteiger partial charge on any atom is -0.493 e. The summed E-state index contributed by atoms with van der Waals surface area (Å²) in [6.45, 7) is 2.54. The van der Waals surface area contributed by atoms with Crippen LogP contribution in [0.1, 0.15) is 12.5 Å². The molecule has 0 atom stereocenters. The fourth-order valence-electron chi connectivity index (χ4n) is 1.03. The number of hydrogen-bond donors (Lipinski definition) is 0. The fourth-order valence-corrected chi connectivity index (χ4v) is 1.03. The van der Waals surface area contributed by atoms with Crippen LogP contribution in [0.2, 0.25) is 0 Å². The Morgan fingerprint density at radius 2 is 2.23 bits per heavy atom. The summed E-state index contributed by atoms with van der Waals surface area (Å²) in [7, 11) is 0. The zero-order valence-electron chi connectivity index (χ0n) is 7.49. The van der Waals surface area contributed by atoms with E-state index in [1.807, 2.05) is 31.2 Å². The molecule has 0 saturated carbocycles. The van der Waals surface area contributed by atoms with E-state index in [0.717, 1.165) is 11.3 Å². The van der Waals surface area contributed by atoms with Gasteiger partial charge in [-0.15, -0.1) is 0 Å². The molecule has 0 fully saturated rings. The molecular weight excluding hydrogens is 164 g/mol. The van der Waals surface area contributed by atoms with Crippen molar-refractivity contribution in [2.24, 2.45) is 0 Å².